The zero-order chi connectivity index (χ0) is 16.3. The van der Waals surface area contributed by atoms with Crippen molar-refractivity contribution in [2.24, 2.45) is 0 Å². The Morgan fingerprint density at radius 1 is 0.792 bits per heavy atom. The van der Waals surface area contributed by atoms with E-state index in [2.05, 4.69) is 74.2 Å². The molecule has 4 heteroatoms. The monoisotopic (exact) mass is 406 g/mol. The highest BCUT2D eigenvalue weighted by atomic mass is 79.9. The van der Waals surface area contributed by atoms with Crippen molar-refractivity contribution < 1.29 is 21.5 Å². The molecule has 0 bridgehead atoms. The second kappa shape index (κ2) is 8.41. The van der Waals surface area contributed by atoms with E-state index in [0.29, 0.717) is 0 Å². The predicted octanol–water partition coefficient (Wildman–Crippen LogP) is 2.17. The van der Waals surface area contributed by atoms with Gasteiger partial charge in [0.05, 0.1) is 44.1 Å². The lowest BCUT2D eigenvalue weighted by Gasteiger charge is -2.39. The van der Waals surface area contributed by atoms with Crippen molar-refractivity contribution in [1.29, 1.82) is 0 Å². The molecule has 0 aliphatic carbocycles. The summed E-state index contributed by atoms with van der Waals surface area (Å²) >= 11 is 1.89. The highest BCUT2D eigenvalue weighted by Crippen LogP contribution is 2.47. The molecule has 1 aliphatic heterocycles. The number of quaternary nitrogens is 1. The van der Waals surface area contributed by atoms with E-state index in [0.717, 1.165) is 6.54 Å². The van der Waals surface area contributed by atoms with Crippen molar-refractivity contribution in [1.82, 2.24) is 0 Å². The van der Waals surface area contributed by atoms with Gasteiger partial charge in [0.1, 0.15) is 0 Å². The van der Waals surface area contributed by atoms with Crippen LogP contribution in [0.4, 0.5) is 11.4 Å². The highest BCUT2D eigenvalue weighted by molar-refractivity contribution is 7.99. The van der Waals surface area contributed by atoms with Crippen LogP contribution >= 0.6 is 11.8 Å². The molecule has 0 amide bonds. The summed E-state index contributed by atoms with van der Waals surface area (Å²) in [5.74, 6) is 0. The van der Waals surface area contributed by atoms with Crippen molar-refractivity contribution >= 4 is 23.1 Å². The van der Waals surface area contributed by atoms with Crippen LogP contribution in [0, 0.1) is 0 Å². The summed E-state index contributed by atoms with van der Waals surface area (Å²) in [5, 5.41) is 0. The fourth-order valence-corrected chi connectivity index (χ4v) is 4.58. The number of para-hydroxylation sites is 2. The number of anilines is 2. The van der Waals surface area contributed by atoms with E-state index in [1.54, 1.807) is 0 Å². The zero-order valence-corrected chi connectivity index (χ0v) is 17.2. The van der Waals surface area contributed by atoms with Gasteiger partial charge < -0.3 is 26.4 Å². The van der Waals surface area contributed by atoms with Gasteiger partial charge in [-0.05, 0) is 45.0 Å². The number of rotatable bonds is 6. The summed E-state index contributed by atoms with van der Waals surface area (Å²) in [4.78, 5) is 5.26. The molecule has 0 N–H and O–H groups in total. The first-order valence-electron chi connectivity index (χ1n) is 8.71. The Balaban J connectivity index is 0.00000208. The fourth-order valence-electron chi connectivity index (χ4n) is 3.48. The minimum atomic E-state index is 0. The minimum absolute atomic E-state index is 0. The van der Waals surface area contributed by atoms with Crippen molar-refractivity contribution in [2.75, 3.05) is 37.6 Å². The first-order valence-corrected chi connectivity index (χ1v) is 9.53. The largest absolute Gasteiger partial charge is 1.00 e. The SMILES string of the molecule is CC[N+](CC)(CC)CCN1c2ccccc2Sc2ccccc21.[Br-]. The number of likely N-dealkylation sites (N-methyl/N-ethyl adjacent to an activating group) is 1. The maximum atomic E-state index is 2.52. The molecule has 0 fully saturated rings. The quantitative estimate of drug-likeness (QED) is 0.676. The summed E-state index contributed by atoms with van der Waals surface area (Å²) in [6.45, 7) is 12.8. The molecule has 0 saturated carbocycles. The summed E-state index contributed by atoms with van der Waals surface area (Å²) in [6, 6.07) is 17.6. The van der Waals surface area contributed by atoms with E-state index in [4.69, 9.17) is 0 Å². The Hall–Kier alpha value is -0.970. The van der Waals surface area contributed by atoms with Gasteiger partial charge in [0, 0.05) is 9.79 Å². The summed E-state index contributed by atoms with van der Waals surface area (Å²) in [6.07, 6.45) is 0. The smallest absolute Gasteiger partial charge is 0.0968 e. The van der Waals surface area contributed by atoms with Crippen LogP contribution in [0.15, 0.2) is 58.3 Å². The highest BCUT2D eigenvalue weighted by Gasteiger charge is 2.27. The van der Waals surface area contributed by atoms with Gasteiger partial charge >= 0.3 is 0 Å². The second-order valence-electron chi connectivity index (χ2n) is 6.20. The van der Waals surface area contributed by atoms with E-state index in [1.165, 1.54) is 51.8 Å². The summed E-state index contributed by atoms with van der Waals surface area (Å²) < 4.78 is 1.19. The van der Waals surface area contributed by atoms with E-state index < -0.39 is 0 Å². The average molecular weight is 407 g/mol. The van der Waals surface area contributed by atoms with Crippen LogP contribution in [-0.2, 0) is 0 Å². The second-order valence-corrected chi connectivity index (χ2v) is 7.29. The average Bonchev–Trinajstić information content (AvgIpc) is 2.62. The van der Waals surface area contributed by atoms with Crippen LogP contribution in [-0.4, -0.2) is 37.2 Å². The summed E-state index contributed by atoms with van der Waals surface area (Å²) in [7, 11) is 0. The lowest BCUT2D eigenvalue weighted by atomic mass is 10.2. The van der Waals surface area contributed by atoms with Gasteiger partial charge in [0.15, 0.2) is 0 Å². The maximum Gasteiger partial charge on any atom is 0.0968 e. The fraction of sp³-hybridized carbons (Fsp3) is 0.400. The van der Waals surface area contributed by atoms with Crippen LogP contribution in [0.1, 0.15) is 20.8 Å². The number of hydrogen-bond acceptors (Lipinski definition) is 2. The van der Waals surface area contributed by atoms with Gasteiger partial charge in [-0.3, -0.25) is 0 Å². The topological polar surface area (TPSA) is 3.24 Å². The molecule has 0 radical (unpaired) electrons. The Labute approximate surface area is 161 Å². The molecule has 0 atom stereocenters. The predicted molar refractivity (Wildman–Crippen MR) is 101 cm³/mol. The summed E-state index contributed by atoms with van der Waals surface area (Å²) in [5.41, 5.74) is 2.72. The Morgan fingerprint density at radius 2 is 1.25 bits per heavy atom. The molecule has 0 spiro atoms. The lowest BCUT2D eigenvalue weighted by molar-refractivity contribution is -0.921. The number of benzene rings is 2. The molecule has 1 heterocycles. The standard InChI is InChI=1S/C20H27N2S.BrH/c1-4-22(5-2,6-3)16-15-21-17-11-7-9-13-19(17)23-20-14-10-8-12-18(20)21;/h7-14H,4-6,15-16H2,1-3H3;1H/q+1;/p-1. The Bertz CT molecular complexity index is 616. The van der Waals surface area contributed by atoms with Crippen molar-refractivity contribution in [3.05, 3.63) is 48.5 Å². The molecular weight excluding hydrogens is 380 g/mol. The van der Waals surface area contributed by atoms with E-state index in [1.807, 2.05) is 11.8 Å². The van der Waals surface area contributed by atoms with Crippen LogP contribution in [0.25, 0.3) is 0 Å². The lowest BCUT2D eigenvalue weighted by Crippen LogP contribution is -3.00. The van der Waals surface area contributed by atoms with Crippen LogP contribution in [0.3, 0.4) is 0 Å². The zero-order valence-electron chi connectivity index (χ0n) is 14.8. The van der Waals surface area contributed by atoms with E-state index in [9.17, 15) is 0 Å². The van der Waals surface area contributed by atoms with Gasteiger partial charge in [0.25, 0.3) is 0 Å². The molecule has 24 heavy (non-hydrogen) atoms. The minimum Gasteiger partial charge on any atom is -1.00 e. The number of hydrogen-bond donors (Lipinski definition) is 0. The third-order valence-electron chi connectivity index (χ3n) is 5.34. The molecule has 130 valence electrons. The molecule has 2 nitrogen and oxygen atoms in total. The van der Waals surface area contributed by atoms with E-state index >= 15 is 0 Å². The van der Waals surface area contributed by atoms with Crippen LogP contribution in [0.2, 0.25) is 0 Å². The molecular formula is C20H27BrN2S. The van der Waals surface area contributed by atoms with Gasteiger partial charge in [-0.2, -0.15) is 0 Å². The molecule has 0 aromatic heterocycles. The normalized spacial score (nSPS) is 13.0. The van der Waals surface area contributed by atoms with Crippen molar-refractivity contribution in [2.45, 2.75) is 30.6 Å². The molecule has 3 rings (SSSR count). The molecule has 1 aliphatic rings. The van der Waals surface area contributed by atoms with Gasteiger partial charge in [-0.25, -0.2) is 0 Å². The molecule has 2 aromatic rings. The maximum absolute atomic E-state index is 2.52. The Kier molecular flexibility index (Phi) is 6.79. The van der Waals surface area contributed by atoms with Crippen molar-refractivity contribution in [3.63, 3.8) is 0 Å². The first kappa shape index (κ1) is 19.4. The van der Waals surface area contributed by atoms with Gasteiger partial charge in [-0.15, -0.1) is 0 Å². The molecule has 2 aromatic carbocycles. The Morgan fingerprint density at radius 3 is 1.71 bits per heavy atom. The number of halogens is 1. The van der Waals surface area contributed by atoms with Gasteiger partial charge in [-0.1, -0.05) is 36.0 Å². The number of nitrogens with zero attached hydrogens (tertiary/aromatic N) is 2. The van der Waals surface area contributed by atoms with Crippen LogP contribution < -0.4 is 21.9 Å². The third-order valence-corrected chi connectivity index (χ3v) is 6.47. The molecule has 0 unspecified atom stereocenters. The third kappa shape index (κ3) is 3.66. The number of fused-ring (bicyclic) bond motifs is 2. The molecule has 0 saturated heterocycles. The van der Waals surface area contributed by atoms with Crippen LogP contribution in [0.5, 0.6) is 0 Å². The van der Waals surface area contributed by atoms with Crippen molar-refractivity contribution in [3.8, 4) is 0 Å². The van der Waals surface area contributed by atoms with E-state index in [-0.39, 0.29) is 17.0 Å². The first-order chi connectivity index (χ1) is 11.2. The van der Waals surface area contributed by atoms with Gasteiger partial charge in [0.2, 0.25) is 0 Å².